The Balaban J connectivity index is 0.938. The molecule has 9 rings (SSSR count). The van der Waals surface area contributed by atoms with Crippen molar-refractivity contribution >= 4 is 120 Å². The summed E-state index contributed by atoms with van der Waals surface area (Å²) in [5.74, 6) is -2.45. The summed E-state index contributed by atoms with van der Waals surface area (Å²) in [6, 6.07) is 36.3. The van der Waals surface area contributed by atoms with Crippen LogP contribution >= 0.6 is 34.8 Å². The number of aromatic amines is 3. The molecule has 0 bridgehead atoms. The number of fused-ring (bicyclic) bond motifs is 3. The summed E-state index contributed by atoms with van der Waals surface area (Å²) in [6.45, 7) is 7.03. The van der Waals surface area contributed by atoms with Crippen LogP contribution in [0.4, 0.5) is 17.1 Å². The van der Waals surface area contributed by atoms with E-state index in [9.17, 15) is 28.8 Å². The van der Waals surface area contributed by atoms with Crippen LogP contribution < -0.4 is 49.1 Å². The van der Waals surface area contributed by atoms with Gasteiger partial charge in [0.05, 0.1) is 19.3 Å². The normalized spacial score (nSPS) is 12.5. The Morgan fingerprint density at radius 2 is 0.648 bits per heavy atom. The molecular weight excluding hydrogens is 1210 g/mol. The lowest BCUT2D eigenvalue weighted by atomic mass is 9.85. The second-order valence-corrected chi connectivity index (χ2v) is 24.6. The summed E-state index contributed by atoms with van der Waals surface area (Å²) >= 11 is 18.8. The zero-order chi connectivity index (χ0) is 64.7. The van der Waals surface area contributed by atoms with Gasteiger partial charge in [0, 0.05) is 87.8 Å². The third kappa shape index (κ3) is 17.5. The highest BCUT2D eigenvalue weighted by Crippen LogP contribution is 2.35. The van der Waals surface area contributed by atoms with Crippen LogP contribution in [0.3, 0.4) is 0 Å². The number of hydrogen-bond donors (Lipinski definition) is 12. The van der Waals surface area contributed by atoms with Crippen LogP contribution in [-0.2, 0) is 48.0 Å². The Kier molecular flexibility index (Phi) is 23.2. The maximum Gasteiger partial charge on any atom is 0.246 e. The van der Waals surface area contributed by atoms with Gasteiger partial charge < -0.3 is 64.1 Å². The Bertz CT molecular complexity index is 3640. The topological polar surface area (TPSA) is 300 Å². The highest BCUT2D eigenvalue weighted by Gasteiger charge is 2.27. The van der Waals surface area contributed by atoms with Gasteiger partial charge in [-0.2, -0.15) is 0 Å². The second kappa shape index (κ2) is 31.5. The molecule has 18 nitrogen and oxygen atoms in total. The molecular formula is C70H79Cl3N12O6. The Morgan fingerprint density at radius 1 is 0.385 bits per heavy atom. The number of aryl methyl sites for hydroxylation is 3. The summed E-state index contributed by atoms with van der Waals surface area (Å²) in [4.78, 5) is 93.4. The van der Waals surface area contributed by atoms with Gasteiger partial charge in [0.2, 0.25) is 35.4 Å². The number of halogens is 3. The van der Waals surface area contributed by atoms with Crippen molar-refractivity contribution in [3.63, 3.8) is 0 Å². The van der Waals surface area contributed by atoms with Gasteiger partial charge in [-0.05, 0) is 204 Å². The molecule has 6 aromatic carbocycles. The standard InChI is InChI=1S/C70H79Cl3N12O6/c1-40-55(52-28-19-46(71)34-61(52)77-40)37-64(86)83-58(10-4-7-31-74)68(89)80-49-22-13-43(14-23-49)67(44-15-24-50(25-16-44)81-69(90)59(11-5-8-32-75)84-65(87)38-56-41(2)78-62-35-47(72)20-29-53(56)62)45-17-26-51(27-18-45)82-70(91)60(12-6-9-33-76)85-66(88)39-57-42(3)79-63-36-48(73)21-30-54(57)63/h13-30,34-36,58-60,67,77-79H,4-12,31-33,37-39,74-76H2,1-3H3,(H,80,89)(H,81,90)(H,82,91)(H,83,86)(H,84,87)(H,85,88)/t58-,59-,60-/m0/s1. The number of aromatic nitrogens is 3. The van der Waals surface area contributed by atoms with Gasteiger partial charge in [-0.15, -0.1) is 0 Å². The number of carbonyl (C=O) groups excluding carboxylic acids is 6. The molecule has 3 aromatic heterocycles. The van der Waals surface area contributed by atoms with Crippen LogP contribution in [0.5, 0.6) is 0 Å². The molecule has 0 spiro atoms. The Morgan fingerprint density at radius 3 is 0.901 bits per heavy atom. The van der Waals surface area contributed by atoms with Gasteiger partial charge in [-0.3, -0.25) is 28.8 Å². The zero-order valence-electron chi connectivity index (χ0n) is 51.4. The molecule has 0 aliphatic carbocycles. The number of nitrogens with one attached hydrogen (secondary N) is 9. The predicted molar refractivity (Wildman–Crippen MR) is 366 cm³/mol. The van der Waals surface area contributed by atoms with Gasteiger partial charge >= 0.3 is 0 Å². The van der Waals surface area contributed by atoms with Gasteiger partial charge in [-0.1, -0.05) is 89.4 Å². The average molecular weight is 1290 g/mol. The number of anilines is 3. The predicted octanol–water partition coefficient (Wildman–Crippen LogP) is 11.6. The van der Waals surface area contributed by atoms with Gasteiger partial charge in [0.15, 0.2) is 0 Å². The van der Waals surface area contributed by atoms with Crippen molar-refractivity contribution in [3.8, 4) is 0 Å². The number of amides is 6. The third-order valence-electron chi connectivity index (χ3n) is 16.6. The number of benzene rings is 6. The molecule has 3 heterocycles. The monoisotopic (exact) mass is 1290 g/mol. The number of hydrogen-bond acceptors (Lipinski definition) is 9. The van der Waals surface area contributed by atoms with E-state index in [0.29, 0.717) is 110 Å². The zero-order valence-corrected chi connectivity index (χ0v) is 53.6. The first-order chi connectivity index (χ1) is 43.9. The van der Waals surface area contributed by atoms with Crippen molar-refractivity contribution in [1.82, 2.24) is 30.9 Å². The number of nitrogens with two attached hydrogens (primary N) is 3. The molecule has 91 heavy (non-hydrogen) atoms. The highest BCUT2D eigenvalue weighted by molar-refractivity contribution is 6.32. The van der Waals surface area contributed by atoms with Crippen molar-refractivity contribution in [2.75, 3.05) is 35.6 Å². The first-order valence-corrected chi connectivity index (χ1v) is 32.0. The van der Waals surface area contributed by atoms with Crippen LogP contribution in [-0.4, -0.2) is 88.2 Å². The molecule has 0 fully saturated rings. The van der Waals surface area contributed by atoms with Gasteiger partial charge in [-0.25, -0.2) is 0 Å². The lowest BCUT2D eigenvalue weighted by Crippen LogP contribution is -2.44. The molecule has 0 unspecified atom stereocenters. The maximum atomic E-state index is 14.1. The van der Waals surface area contributed by atoms with E-state index in [2.05, 4.69) is 46.9 Å². The van der Waals surface area contributed by atoms with E-state index in [1.54, 1.807) is 18.2 Å². The van der Waals surface area contributed by atoms with Crippen molar-refractivity contribution < 1.29 is 28.8 Å². The molecule has 476 valence electrons. The summed E-state index contributed by atoms with van der Waals surface area (Å²) in [6.07, 6.45) is 5.18. The van der Waals surface area contributed by atoms with Crippen molar-refractivity contribution in [1.29, 1.82) is 0 Å². The largest absolute Gasteiger partial charge is 0.358 e. The van der Waals surface area contributed by atoms with Crippen molar-refractivity contribution in [3.05, 3.63) is 193 Å². The molecule has 0 saturated carbocycles. The molecule has 9 aromatic rings. The summed E-state index contributed by atoms with van der Waals surface area (Å²) < 4.78 is 0. The summed E-state index contributed by atoms with van der Waals surface area (Å²) in [5.41, 5.74) is 29.1. The molecule has 0 radical (unpaired) electrons. The molecule has 6 amide bonds. The highest BCUT2D eigenvalue weighted by atomic mass is 35.5. The van der Waals surface area contributed by atoms with Gasteiger partial charge in [0.1, 0.15) is 18.1 Å². The second-order valence-electron chi connectivity index (χ2n) is 23.3. The fraction of sp³-hybridized carbons (Fsp3) is 0.314. The molecule has 3 atom stereocenters. The molecule has 15 N–H and O–H groups in total. The maximum absolute atomic E-state index is 14.1. The Labute approximate surface area is 544 Å². The molecule has 0 aliphatic rings. The van der Waals surface area contributed by atoms with Crippen molar-refractivity contribution in [2.45, 2.75) is 122 Å². The van der Waals surface area contributed by atoms with E-state index < -0.39 is 24.0 Å². The molecule has 0 aliphatic heterocycles. The first kappa shape index (κ1) is 66.9. The van der Waals surface area contributed by atoms with Gasteiger partial charge in [0.25, 0.3) is 0 Å². The minimum absolute atomic E-state index is 0.0559. The van der Waals surface area contributed by atoms with Crippen LogP contribution in [0.1, 0.15) is 114 Å². The Hall–Kier alpha value is -8.49. The van der Waals surface area contributed by atoms with E-state index in [0.717, 1.165) is 83.2 Å². The SMILES string of the molecule is Cc1[nH]c2cc(Cl)ccc2c1CC(=O)N[C@@H](CCCCN)C(=O)Nc1ccc(C(c2ccc(NC(=O)[C@H](CCCCN)NC(=O)Cc3c(C)[nH]c4cc(Cl)ccc34)cc2)c2ccc(NC(=O)[C@H](CCCCN)NC(=O)Cc3c(C)[nH]c4cc(Cl)ccc34)cc2)cc1. The van der Waals surface area contributed by atoms with E-state index >= 15 is 0 Å². The number of H-pyrrole nitrogens is 3. The number of unbranched alkanes of at least 4 members (excludes halogenated alkanes) is 3. The lowest BCUT2D eigenvalue weighted by molar-refractivity contribution is -0.126. The van der Waals surface area contributed by atoms with E-state index in [1.165, 1.54) is 0 Å². The van der Waals surface area contributed by atoms with E-state index in [-0.39, 0.29) is 54.7 Å². The first-order valence-electron chi connectivity index (χ1n) is 30.9. The smallest absolute Gasteiger partial charge is 0.246 e. The lowest BCUT2D eigenvalue weighted by Gasteiger charge is -2.22. The number of carbonyl (C=O) groups is 6. The van der Waals surface area contributed by atoms with Crippen LogP contribution in [0.15, 0.2) is 127 Å². The fourth-order valence-electron chi connectivity index (χ4n) is 11.8. The third-order valence-corrected chi connectivity index (χ3v) is 17.3. The summed E-state index contributed by atoms with van der Waals surface area (Å²) in [7, 11) is 0. The minimum atomic E-state index is -0.843. The van der Waals surface area contributed by atoms with E-state index in [1.807, 2.05) is 130 Å². The van der Waals surface area contributed by atoms with E-state index in [4.69, 9.17) is 52.0 Å². The summed E-state index contributed by atoms with van der Waals surface area (Å²) in [5, 5.41) is 22.4. The molecule has 0 saturated heterocycles. The number of rotatable bonds is 30. The van der Waals surface area contributed by atoms with Crippen LogP contribution in [0.25, 0.3) is 32.7 Å². The van der Waals surface area contributed by atoms with Crippen LogP contribution in [0.2, 0.25) is 15.1 Å². The quantitative estimate of drug-likeness (QED) is 0.0150. The van der Waals surface area contributed by atoms with Crippen LogP contribution in [0, 0.1) is 20.8 Å². The average Bonchev–Trinajstić information content (AvgIpc) is 1.83. The minimum Gasteiger partial charge on any atom is -0.358 e. The fourth-order valence-corrected chi connectivity index (χ4v) is 12.3. The molecule has 21 heteroatoms. The van der Waals surface area contributed by atoms with Crippen molar-refractivity contribution in [2.24, 2.45) is 17.2 Å².